The number of amides is 1. The lowest BCUT2D eigenvalue weighted by molar-refractivity contribution is -0.123. The zero-order valence-electron chi connectivity index (χ0n) is 13.2. The third kappa shape index (κ3) is 3.18. The van der Waals surface area contributed by atoms with Gasteiger partial charge in [-0.05, 0) is 31.7 Å². The van der Waals surface area contributed by atoms with Crippen LogP contribution < -0.4 is 5.32 Å². The van der Waals surface area contributed by atoms with E-state index in [0.29, 0.717) is 11.7 Å². The molecule has 0 bridgehead atoms. The van der Waals surface area contributed by atoms with Crippen LogP contribution in [0.2, 0.25) is 0 Å². The first kappa shape index (κ1) is 14.8. The van der Waals surface area contributed by atoms with Crippen LogP contribution in [0.5, 0.6) is 0 Å². The van der Waals surface area contributed by atoms with Crippen LogP contribution in [0.25, 0.3) is 11.4 Å². The van der Waals surface area contributed by atoms with Crippen LogP contribution in [-0.4, -0.2) is 16.0 Å². The molecule has 1 aliphatic rings. The topological polar surface area (TPSA) is 68.0 Å². The van der Waals surface area contributed by atoms with E-state index in [1.807, 2.05) is 45.0 Å². The van der Waals surface area contributed by atoms with Gasteiger partial charge in [0.2, 0.25) is 17.6 Å². The Hall–Kier alpha value is -2.17. The summed E-state index contributed by atoms with van der Waals surface area (Å²) >= 11 is 0. The minimum atomic E-state index is -0.237. The largest absolute Gasteiger partial charge is 0.344 e. The second kappa shape index (κ2) is 5.91. The Morgan fingerprint density at radius 1 is 1.36 bits per heavy atom. The minimum Gasteiger partial charge on any atom is -0.344 e. The van der Waals surface area contributed by atoms with Gasteiger partial charge in [0.1, 0.15) is 6.04 Å². The van der Waals surface area contributed by atoms with Crippen LogP contribution in [0.3, 0.4) is 0 Å². The maximum Gasteiger partial charge on any atom is 0.249 e. The lowest BCUT2D eigenvalue weighted by Gasteiger charge is -2.18. The van der Waals surface area contributed by atoms with Crippen molar-refractivity contribution < 1.29 is 9.32 Å². The predicted molar refractivity (Wildman–Crippen MR) is 82.9 cm³/mol. The average Bonchev–Trinajstić information content (AvgIpc) is 3.22. The number of benzene rings is 1. The van der Waals surface area contributed by atoms with Crippen molar-refractivity contribution in [1.82, 2.24) is 15.5 Å². The molecule has 0 saturated heterocycles. The zero-order chi connectivity index (χ0) is 15.7. The van der Waals surface area contributed by atoms with Crippen molar-refractivity contribution in [3.05, 3.63) is 35.7 Å². The summed E-state index contributed by atoms with van der Waals surface area (Å²) < 4.78 is 5.41. The molecule has 0 aliphatic heterocycles. The fraction of sp³-hybridized carbons (Fsp3) is 0.471. The number of nitrogens with one attached hydrogen (secondary N) is 1. The van der Waals surface area contributed by atoms with Gasteiger partial charge in [0.15, 0.2) is 0 Å². The molecule has 116 valence electrons. The highest BCUT2D eigenvalue weighted by Gasteiger charge is 2.33. The van der Waals surface area contributed by atoms with Crippen molar-refractivity contribution in [1.29, 1.82) is 0 Å². The lowest BCUT2D eigenvalue weighted by atomic mass is 10.0. The molecular weight excluding hydrogens is 278 g/mol. The molecule has 1 saturated carbocycles. The monoisotopic (exact) mass is 299 g/mol. The van der Waals surface area contributed by atoms with Crippen molar-refractivity contribution in [2.24, 2.45) is 11.8 Å². The second-order valence-electron chi connectivity index (χ2n) is 6.33. The Morgan fingerprint density at radius 3 is 2.77 bits per heavy atom. The van der Waals surface area contributed by atoms with Crippen LogP contribution in [-0.2, 0) is 4.79 Å². The van der Waals surface area contributed by atoms with Gasteiger partial charge in [-0.1, -0.05) is 42.8 Å². The highest BCUT2D eigenvalue weighted by atomic mass is 16.5. The number of hydrogen-bond donors (Lipinski definition) is 1. The number of carbonyl (C=O) groups excluding carboxylic acids is 1. The molecule has 0 spiro atoms. The van der Waals surface area contributed by atoms with E-state index >= 15 is 0 Å². The van der Waals surface area contributed by atoms with E-state index in [4.69, 9.17) is 4.52 Å². The number of hydrogen-bond acceptors (Lipinski definition) is 4. The minimum absolute atomic E-state index is 0.0917. The molecule has 1 amide bonds. The Kier molecular flexibility index (Phi) is 3.96. The van der Waals surface area contributed by atoms with Crippen molar-refractivity contribution in [2.45, 2.75) is 39.7 Å². The molecule has 0 unspecified atom stereocenters. The van der Waals surface area contributed by atoms with Crippen molar-refractivity contribution in [3.8, 4) is 11.4 Å². The summed E-state index contributed by atoms with van der Waals surface area (Å²) in [7, 11) is 0. The van der Waals surface area contributed by atoms with E-state index in [1.54, 1.807) is 0 Å². The second-order valence-corrected chi connectivity index (χ2v) is 6.33. The molecule has 3 rings (SSSR count). The first-order valence-corrected chi connectivity index (χ1v) is 7.75. The van der Waals surface area contributed by atoms with E-state index < -0.39 is 0 Å². The summed E-state index contributed by atoms with van der Waals surface area (Å²) in [5.41, 5.74) is 2.07. The van der Waals surface area contributed by atoms with Gasteiger partial charge in [-0.25, -0.2) is 0 Å². The number of aromatic nitrogens is 2. The average molecular weight is 299 g/mol. The number of aryl methyl sites for hydroxylation is 1. The third-order valence-corrected chi connectivity index (χ3v) is 3.90. The molecule has 2 aromatic rings. The summed E-state index contributed by atoms with van der Waals surface area (Å²) in [4.78, 5) is 16.5. The van der Waals surface area contributed by atoms with Gasteiger partial charge in [-0.2, -0.15) is 4.98 Å². The molecule has 1 aromatic heterocycles. The fourth-order valence-electron chi connectivity index (χ4n) is 2.39. The van der Waals surface area contributed by atoms with Crippen molar-refractivity contribution in [3.63, 3.8) is 0 Å². The Bertz CT molecular complexity index is 674. The predicted octanol–water partition coefficient (Wildman–Crippen LogP) is 3.27. The standard InChI is InChI=1S/C17H21N3O2/c1-10(2)14(18-16(21)12-7-8-12)17-19-15(20-22-17)13-6-4-5-11(3)9-13/h4-6,9-10,12,14H,7-8H2,1-3H3,(H,18,21)/t14-/m0/s1. The van der Waals surface area contributed by atoms with Crippen LogP contribution in [0, 0.1) is 18.8 Å². The van der Waals surface area contributed by atoms with Crippen molar-refractivity contribution >= 4 is 5.91 Å². The maximum atomic E-state index is 12.0. The molecule has 1 aromatic carbocycles. The molecule has 1 aliphatic carbocycles. The van der Waals surface area contributed by atoms with Gasteiger partial charge in [0, 0.05) is 11.5 Å². The SMILES string of the molecule is Cc1cccc(-c2noc([C@@H](NC(=O)C3CC3)C(C)C)n2)c1. The van der Waals surface area contributed by atoms with E-state index in [2.05, 4.69) is 15.5 Å². The summed E-state index contributed by atoms with van der Waals surface area (Å²) in [5.74, 6) is 1.48. The first-order chi connectivity index (χ1) is 10.5. The first-order valence-electron chi connectivity index (χ1n) is 7.75. The Morgan fingerprint density at radius 2 is 2.14 bits per heavy atom. The van der Waals surface area contributed by atoms with Gasteiger partial charge >= 0.3 is 0 Å². The summed E-state index contributed by atoms with van der Waals surface area (Å²) in [6, 6.07) is 7.72. The van der Waals surface area contributed by atoms with Crippen molar-refractivity contribution in [2.75, 3.05) is 0 Å². The van der Waals surface area contributed by atoms with E-state index in [1.165, 1.54) is 0 Å². The molecule has 1 N–H and O–H groups in total. The number of rotatable bonds is 5. The summed E-state index contributed by atoms with van der Waals surface area (Å²) in [5, 5.41) is 7.10. The molecule has 1 atom stereocenters. The normalized spacial score (nSPS) is 15.8. The van der Waals surface area contributed by atoms with Gasteiger partial charge in [0.25, 0.3) is 0 Å². The lowest BCUT2D eigenvalue weighted by Crippen LogP contribution is -2.33. The highest BCUT2D eigenvalue weighted by Crippen LogP contribution is 2.31. The van der Waals surface area contributed by atoms with Gasteiger partial charge in [-0.3, -0.25) is 4.79 Å². The van der Waals surface area contributed by atoms with Crippen LogP contribution in [0.4, 0.5) is 0 Å². The quantitative estimate of drug-likeness (QED) is 0.920. The fourth-order valence-corrected chi connectivity index (χ4v) is 2.39. The zero-order valence-corrected chi connectivity index (χ0v) is 13.2. The summed E-state index contributed by atoms with van der Waals surface area (Å²) in [6.45, 7) is 6.10. The molecule has 5 heteroatoms. The number of nitrogens with zero attached hydrogens (tertiary/aromatic N) is 2. The van der Waals surface area contributed by atoms with E-state index in [9.17, 15) is 4.79 Å². The van der Waals surface area contributed by atoms with Gasteiger partial charge in [0.05, 0.1) is 0 Å². The molecule has 1 fully saturated rings. The number of carbonyl (C=O) groups is 1. The molecule has 1 heterocycles. The smallest absolute Gasteiger partial charge is 0.249 e. The molecule has 0 radical (unpaired) electrons. The van der Waals surface area contributed by atoms with Crippen LogP contribution >= 0.6 is 0 Å². The van der Waals surface area contributed by atoms with Gasteiger partial charge in [-0.15, -0.1) is 0 Å². The molecule has 22 heavy (non-hydrogen) atoms. The van der Waals surface area contributed by atoms with E-state index in [0.717, 1.165) is 24.0 Å². The third-order valence-electron chi connectivity index (χ3n) is 3.90. The molecular formula is C17H21N3O2. The maximum absolute atomic E-state index is 12.0. The van der Waals surface area contributed by atoms with Crippen LogP contribution in [0.15, 0.2) is 28.8 Å². The highest BCUT2D eigenvalue weighted by molar-refractivity contribution is 5.81. The van der Waals surface area contributed by atoms with Crippen LogP contribution in [0.1, 0.15) is 44.2 Å². The molecule has 5 nitrogen and oxygen atoms in total. The van der Waals surface area contributed by atoms with Gasteiger partial charge < -0.3 is 9.84 Å². The Balaban J connectivity index is 1.81. The Labute approximate surface area is 130 Å². The summed E-state index contributed by atoms with van der Waals surface area (Å²) in [6.07, 6.45) is 1.96. The van der Waals surface area contributed by atoms with E-state index in [-0.39, 0.29) is 23.8 Å².